The molecule has 0 saturated carbocycles. The number of benzene rings is 1. The van der Waals surface area contributed by atoms with E-state index in [9.17, 15) is 9.59 Å². The molecular formula is C27H34N4O5. The monoisotopic (exact) mass is 494 g/mol. The van der Waals surface area contributed by atoms with E-state index < -0.39 is 0 Å². The van der Waals surface area contributed by atoms with E-state index in [1.807, 2.05) is 49.7 Å². The van der Waals surface area contributed by atoms with Gasteiger partial charge in [-0.1, -0.05) is 0 Å². The molecule has 0 bridgehead atoms. The number of esters is 1. The first kappa shape index (κ1) is 25.7. The van der Waals surface area contributed by atoms with Crippen molar-refractivity contribution in [3.8, 4) is 5.69 Å². The van der Waals surface area contributed by atoms with E-state index in [1.54, 1.807) is 12.1 Å². The third-order valence-electron chi connectivity index (χ3n) is 6.65. The van der Waals surface area contributed by atoms with Gasteiger partial charge in [-0.2, -0.15) is 5.10 Å². The molecule has 3 aromatic rings. The Morgan fingerprint density at radius 3 is 2.44 bits per heavy atom. The van der Waals surface area contributed by atoms with Crippen LogP contribution in [-0.2, 0) is 20.7 Å². The van der Waals surface area contributed by atoms with Gasteiger partial charge < -0.3 is 19.2 Å². The summed E-state index contributed by atoms with van der Waals surface area (Å²) in [4.78, 5) is 26.8. The molecule has 4 rings (SSSR count). The Labute approximate surface area is 211 Å². The quantitative estimate of drug-likeness (QED) is 0.456. The van der Waals surface area contributed by atoms with Crippen LogP contribution in [0.25, 0.3) is 5.69 Å². The number of nitrogens with one attached hydrogen (secondary N) is 1. The zero-order valence-corrected chi connectivity index (χ0v) is 21.4. The first-order valence-corrected chi connectivity index (χ1v) is 12.3. The summed E-state index contributed by atoms with van der Waals surface area (Å²) < 4.78 is 18.0. The van der Waals surface area contributed by atoms with Crippen LogP contribution < -0.4 is 5.32 Å². The minimum absolute atomic E-state index is 0.0519. The van der Waals surface area contributed by atoms with Crippen molar-refractivity contribution in [2.24, 2.45) is 0 Å². The molecule has 1 aliphatic heterocycles. The SMILES string of the molecule is COC(=O)CCc1c(C)nn(-c2ccc(C(=O)NCC(c3ccc(C)o3)N3CCOCC3)cc2)c1C. The molecule has 9 nitrogen and oxygen atoms in total. The number of aromatic nitrogens is 2. The summed E-state index contributed by atoms with van der Waals surface area (Å²) in [7, 11) is 1.39. The minimum Gasteiger partial charge on any atom is -0.469 e. The largest absolute Gasteiger partial charge is 0.469 e. The second kappa shape index (κ2) is 11.5. The molecule has 0 radical (unpaired) electrons. The Morgan fingerprint density at radius 2 is 1.81 bits per heavy atom. The van der Waals surface area contributed by atoms with Crippen LogP contribution in [0.4, 0.5) is 0 Å². The molecular weight excluding hydrogens is 460 g/mol. The Balaban J connectivity index is 1.43. The lowest BCUT2D eigenvalue weighted by molar-refractivity contribution is -0.140. The van der Waals surface area contributed by atoms with Gasteiger partial charge in [0.05, 0.1) is 37.7 Å². The summed E-state index contributed by atoms with van der Waals surface area (Å²) in [6.07, 6.45) is 0.885. The van der Waals surface area contributed by atoms with Crippen LogP contribution >= 0.6 is 0 Å². The molecule has 1 aliphatic rings. The van der Waals surface area contributed by atoms with E-state index in [4.69, 9.17) is 13.9 Å². The Hall–Kier alpha value is -3.43. The average Bonchev–Trinajstić information content (AvgIpc) is 3.45. The molecule has 0 spiro atoms. The number of ether oxygens (including phenoxy) is 2. The summed E-state index contributed by atoms with van der Waals surface area (Å²) in [6.45, 7) is 9.20. The third kappa shape index (κ3) is 5.85. The van der Waals surface area contributed by atoms with E-state index in [2.05, 4.69) is 15.3 Å². The molecule has 2 aromatic heterocycles. The van der Waals surface area contributed by atoms with Gasteiger partial charge >= 0.3 is 5.97 Å². The molecule has 1 saturated heterocycles. The highest BCUT2D eigenvalue weighted by Gasteiger charge is 2.26. The smallest absolute Gasteiger partial charge is 0.305 e. The van der Waals surface area contributed by atoms with Crippen LogP contribution in [-0.4, -0.2) is 66.5 Å². The summed E-state index contributed by atoms with van der Waals surface area (Å²) in [5, 5.41) is 7.72. The number of carbonyl (C=O) groups excluding carboxylic acids is 2. The number of nitrogens with zero attached hydrogens (tertiary/aromatic N) is 3. The van der Waals surface area contributed by atoms with Gasteiger partial charge in [0.25, 0.3) is 5.91 Å². The maximum Gasteiger partial charge on any atom is 0.305 e. The van der Waals surface area contributed by atoms with Crippen LogP contribution in [0, 0.1) is 20.8 Å². The van der Waals surface area contributed by atoms with E-state index in [-0.39, 0.29) is 17.9 Å². The number of rotatable bonds is 9. The highest BCUT2D eigenvalue weighted by atomic mass is 16.5. The van der Waals surface area contributed by atoms with Gasteiger partial charge in [-0.15, -0.1) is 0 Å². The molecule has 1 aromatic carbocycles. The number of carbonyl (C=O) groups is 2. The van der Waals surface area contributed by atoms with Gasteiger partial charge in [0.1, 0.15) is 11.5 Å². The fourth-order valence-electron chi connectivity index (χ4n) is 4.59. The summed E-state index contributed by atoms with van der Waals surface area (Å²) in [5.74, 6) is 1.31. The molecule has 1 N–H and O–H groups in total. The normalized spacial score (nSPS) is 15.0. The van der Waals surface area contributed by atoms with Gasteiger partial charge in [0.15, 0.2) is 0 Å². The van der Waals surface area contributed by atoms with E-state index >= 15 is 0 Å². The lowest BCUT2D eigenvalue weighted by atomic mass is 10.1. The van der Waals surface area contributed by atoms with Gasteiger partial charge in [-0.3, -0.25) is 14.5 Å². The minimum atomic E-state index is -0.241. The van der Waals surface area contributed by atoms with Crippen molar-refractivity contribution in [3.63, 3.8) is 0 Å². The zero-order valence-electron chi connectivity index (χ0n) is 21.4. The fourth-order valence-corrected chi connectivity index (χ4v) is 4.59. The fraction of sp³-hybridized carbons (Fsp3) is 0.444. The van der Waals surface area contributed by atoms with Crippen LogP contribution in [0.3, 0.4) is 0 Å². The van der Waals surface area contributed by atoms with Crippen LogP contribution in [0.5, 0.6) is 0 Å². The predicted octanol–water partition coefficient (Wildman–Crippen LogP) is 3.30. The highest BCUT2D eigenvalue weighted by molar-refractivity contribution is 5.94. The van der Waals surface area contributed by atoms with Crippen molar-refractivity contribution < 1.29 is 23.5 Å². The van der Waals surface area contributed by atoms with Crippen molar-refractivity contribution in [2.75, 3.05) is 40.0 Å². The van der Waals surface area contributed by atoms with E-state index in [1.165, 1.54) is 7.11 Å². The number of hydrogen-bond donors (Lipinski definition) is 1. The maximum atomic E-state index is 13.0. The average molecular weight is 495 g/mol. The Kier molecular flexibility index (Phi) is 8.22. The maximum absolute atomic E-state index is 13.0. The Bertz CT molecular complexity index is 1190. The molecule has 1 amide bonds. The number of methoxy groups -OCH3 is 1. The number of furan rings is 1. The van der Waals surface area contributed by atoms with Gasteiger partial charge in [0, 0.05) is 37.3 Å². The molecule has 192 valence electrons. The first-order valence-electron chi connectivity index (χ1n) is 12.3. The molecule has 1 atom stereocenters. The molecule has 36 heavy (non-hydrogen) atoms. The Morgan fingerprint density at radius 1 is 1.08 bits per heavy atom. The number of hydrogen-bond acceptors (Lipinski definition) is 7. The zero-order chi connectivity index (χ0) is 25.7. The first-order chi connectivity index (χ1) is 17.4. The topological polar surface area (TPSA) is 98.8 Å². The predicted molar refractivity (Wildman–Crippen MR) is 134 cm³/mol. The number of aryl methyl sites for hydroxylation is 2. The van der Waals surface area contributed by atoms with E-state index in [0.29, 0.717) is 38.2 Å². The lowest BCUT2D eigenvalue weighted by Crippen LogP contribution is -2.43. The van der Waals surface area contributed by atoms with Gasteiger partial charge in [-0.25, -0.2) is 4.68 Å². The number of amides is 1. The molecule has 9 heteroatoms. The van der Waals surface area contributed by atoms with Crippen LogP contribution in [0.15, 0.2) is 40.8 Å². The highest BCUT2D eigenvalue weighted by Crippen LogP contribution is 2.24. The van der Waals surface area contributed by atoms with Crippen molar-refractivity contribution in [1.82, 2.24) is 20.0 Å². The standard InChI is InChI=1S/C27H34N4O5/c1-18-5-11-25(36-18)24(30-13-15-35-16-14-30)17-28-27(33)21-6-8-22(9-7-21)31-20(3)23(19(2)29-31)10-12-26(32)34-4/h5-9,11,24H,10,12-17H2,1-4H3,(H,28,33). The van der Waals surface area contributed by atoms with Gasteiger partial charge in [-0.05, 0) is 69.2 Å². The van der Waals surface area contributed by atoms with Gasteiger partial charge in [0.2, 0.25) is 0 Å². The molecule has 0 aliphatic carbocycles. The van der Waals surface area contributed by atoms with Crippen molar-refractivity contribution >= 4 is 11.9 Å². The van der Waals surface area contributed by atoms with Crippen molar-refractivity contribution in [1.29, 1.82) is 0 Å². The third-order valence-corrected chi connectivity index (χ3v) is 6.65. The van der Waals surface area contributed by atoms with Crippen molar-refractivity contribution in [2.45, 2.75) is 39.7 Å². The van der Waals surface area contributed by atoms with Crippen LogP contribution in [0.2, 0.25) is 0 Å². The number of morpholine rings is 1. The summed E-state index contributed by atoms with van der Waals surface area (Å²) >= 11 is 0. The summed E-state index contributed by atoms with van der Waals surface area (Å²) in [6, 6.07) is 11.2. The van der Waals surface area contributed by atoms with Crippen molar-refractivity contribution in [3.05, 3.63) is 70.4 Å². The second-order valence-corrected chi connectivity index (χ2v) is 9.01. The lowest BCUT2D eigenvalue weighted by Gasteiger charge is -2.33. The van der Waals surface area contributed by atoms with E-state index in [0.717, 1.165) is 47.2 Å². The summed E-state index contributed by atoms with van der Waals surface area (Å²) in [5.41, 5.74) is 4.30. The molecule has 3 heterocycles. The molecule has 1 unspecified atom stereocenters. The molecule has 1 fully saturated rings. The van der Waals surface area contributed by atoms with Crippen LogP contribution in [0.1, 0.15) is 51.3 Å². The second-order valence-electron chi connectivity index (χ2n) is 9.01.